The van der Waals surface area contributed by atoms with Crippen LogP contribution in [0.3, 0.4) is 0 Å². The minimum absolute atomic E-state index is 0.0251. The van der Waals surface area contributed by atoms with Crippen LogP contribution in [0.5, 0.6) is 0 Å². The molecule has 0 bridgehead atoms. The van der Waals surface area contributed by atoms with Crippen molar-refractivity contribution in [3.05, 3.63) is 77.1 Å². The highest BCUT2D eigenvalue weighted by Crippen LogP contribution is 2.32. The number of aryl methyl sites for hydroxylation is 2. The van der Waals surface area contributed by atoms with E-state index in [2.05, 4.69) is 25.2 Å². The van der Waals surface area contributed by atoms with Crippen molar-refractivity contribution in [3.63, 3.8) is 0 Å². The molecule has 1 aliphatic heterocycles. The largest absolute Gasteiger partial charge is 0.419 e. The van der Waals surface area contributed by atoms with Crippen molar-refractivity contribution in [3.8, 4) is 0 Å². The van der Waals surface area contributed by atoms with Crippen LogP contribution in [-0.4, -0.2) is 41.7 Å². The number of halogens is 3. The van der Waals surface area contributed by atoms with Crippen molar-refractivity contribution in [1.82, 2.24) is 9.97 Å². The molecule has 0 fully saturated rings. The number of carbonyl (C=O) groups excluding carboxylic acids is 1. The van der Waals surface area contributed by atoms with Gasteiger partial charge in [0.05, 0.1) is 30.8 Å². The smallest absolute Gasteiger partial charge is 0.369 e. The lowest BCUT2D eigenvalue weighted by Crippen LogP contribution is -2.31. The van der Waals surface area contributed by atoms with Gasteiger partial charge in [-0.15, -0.1) is 0 Å². The standard InChI is InChI=1S/C25H25F3N6O/c26-25(27,28)21-16-31-24(32-19-6-8-20(9-7-19)34-13-11-30-12-14-34)33-22(21)10-5-17-3-1-2-4-18(17)15-23(29)35/h1-4,6-9,11,16H,5,10,12-15H2,(H2,29,35)(H,31,32,33). The fraction of sp³-hybridized carbons (Fsp3) is 0.280. The fourth-order valence-corrected chi connectivity index (χ4v) is 3.96. The van der Waals surface area contributed by atoms with Crippen molar-refractivity contribution in [2.24, 2.45) is 10.7 Å². The molecule has 2 aromatic carbocycles. The van der Waals surface area contributed by atoms with E-state index in [1.807, 2.05) is 30.5 Å². The number of nitrogens with one attached hydrogen (secondary N) is 1. The fourth-order valence-electron chi connectivity index (χ4n) is 3.96. The molecular weight excluding hydrogens is 457 g/mol. The maximum atomic E-state index is 13.6. The van der Waals surface area contributed by atoms with Gasteiger partial charge in [0, 0.05) is 30.3 Å². The number of nitrogens with zero attached hydrogens (tertiary/aromatic N) is 4. The maximum absolute atomic E-state index is 13.6. The van der Waals surface area contributed by atoms with Gasteiger partial charge in [0.25, 0.3) is 0 Å². The molecule has 10 heteroatoms. The first kappa shape index (κ1) is 24.2. The van der Waals surface area contributed by atoms with E-state index in [0.717, 1.165) is 37.1 Å². The van der Waals surface area contributed by atoms with Crippen LogP contribution in [-0.2, 0) is 30.2 Å². The molecule has 3 aromatic rings. The topological polar surface area (TPSA) is 96.5 Å². The summed E-state index contributed by atoms with van der Waals surface area (Å²) in [7, 11) is 0. The van der Waals surface area contributed by atoms with E-state index >= 15 is 0 Å². The molecule has 0 unspecified atom stereocenters. The predicted molar refractivity (Wildman–Crippen MR) is 129 cm³/mol. The molecule has 0 aliphatic carbocycles. The summed E-state index contributed by atoms with van der Waals surface area (Å²) in [5.41, 5.74) is 7.45. The van der Waals surface area contributed by atoms with E-state index in [9.17, 15) is 18.0 Å². The monoisotopic (exact) mass is 482 g/mol. The van der Waals surface area contributed by atoms with E-state index in [0.29, 0.717) is 11.3 Å². The van der Waals surface area contributed by atoms with Crippen molar-refractivity contribution < 1.29 is 18.0 Å². The second-order valence-electron chi connectivity index (χ2n) is 8.17. The summed E-state index contributed by atoms with van der Waals surface area (Å²) >= 11 is 0. The number of carbonyl (C=O) groups is 1. The highest BCUT2D eigenvalue weighted by atomic mass is 19.4. The van der Waals surface area contributed by atoms with Crippen molar-refractivity contribution in [1.29, 1.82) is 0 Å². The number of benzene rings is 2. The minimum atomic E-state index is -4.58. The summed E-state index contributed by atoms with van der Waals surface area (Å²) in [6, 6.07) is 14.6. The molecule has 4 rings (SSSR count). The first-order valence-electron chi connectivity index (χ1n) is 11.2. The summed E-state index contributed by atoms with van der Waals surface area (Å²) in [5, 5.41) is 2.99. The number of hydrogen-bond donors (Lipinski definition) is 2. The maximum Gasteiger partial charge on any atom is 0.419 e. The summed E-state index contributed by atoms with van der Waals surface area (Å²) in [5.74, 6) is -0.419. The third-order valence-corrected chi connectivity index (χ3v) is 5.71. The number of anilines is 3. The third-order valence-electron chi connectivity index (χ3n) is 5.71. The number of amides is 1. The van der Waals surface area contributed by atoms with Gasteiger partial charge in [-0.25, -0.2) is 9.97 Å². The van der Waals surface area contributed by atoms with Gasteiger partial charge >= 0.3 is 6.18 Å². The van der Waals surface area contributed by atoms with Gasteiger partial charge in [-0.05, 0) is 48.2 Å². The lowest BCUT2D eigenvalue weighted by molar-refractivity contribution is -0.138. The Morgan fingerprint density at radius 1 is 1.06 bits per heavy atom. The van der Waals surface area contributed by atoms with Crippen molar-refractivity contribution in [2.75, 3.05) is 29.9 Å². The molecule has 1 aromatic heterocycles. The Bertz CT molecular complexity index is 1210. The van der Waals surface area contributed by atoms with Crippen LogP contribution in [0.4, 0.5) is 30.5 Å². The van der Waals surface area contributed by atoms with Gasteiger partial charge in [0.1, 0.15) is 0 Å². The average Bonchev–Trinajstić information content (AvgIpc) is 2.83. The molecule has 0 spiro atoms. The summed E-state index contributed by atoms with van der Waals surface area (Å²) < 4.78 is 40.9. The second-order valence-corrected chi connectivity index (χ2v) is 8.17. The van der Waals surface area contributed by atoms with E-state index in [4.69, 9.17) is 5.73 Å². The Balaban J connectivity index is 1.52. The zero-order chi connectivity index (χ0) is 24.8. The first-order chi connectivity index (χ1) is 16.8. The lowest BCUT2D eigenvalue weighted by Gasteiger charge is -2.25. The highest BCUT2D eigenvalue weighted by Gasteiger charge is 2.34. The number of alkyl halides is 3. The zero-order valence-corrected chi connectivity index (χ0v) is 18.9. The highest BCUT2D eigenvalue weighted by molar-refractivity contribution is 5.77. The number of aliphatic imine (C=N–C) groups is 1. The van der Waals surface area contributed by atoms with Gasteiger partial charge < -0.3 is 16.0 Å². The predicted octanol–water partition coefficient (Wildman–Crippen LogP) is 3.94. The first-order valence-corrected chi connectivity index (χ1v) is 11.2. The van der Waals surface area contributed by atoms with E-state index in [1.165, 1.54) is 0 Å². The van der Waals surface area contributed by atoms with Crippen LogP contribution in [0, 0.1) is 0 Å². The van der Waals surface area contributed by atoms with Gasteiger partial charge in [0.15, 0.2) is 0 Å². The molecule has 3 N–H and O–H groups in total. The van der Waals surface area contributed by atoms with Crippen LogP contribution in [0.25, 0.3) is 0 Å². The Hall–Kier alpha value is -3.95. The molecule has 35 heavy (non-hydrogen) atoms. The van der Waals surface area contributed by atoms with E-state index in [-0.39, 0.29) is 30.9 Å². The molecule has 2 heterocycles. The van der Waals surface area contributed by atoms with Crippen LogP contribution >= 0.6 is 0 Å². The number of hydrogen-bond acceptors (Lipinski definition) is 6. The normalized spacial score (nSPS) is 13.6. The lowest BCUT2D eigenvalue weighted by atomic mass is 9.98. The Morgan fingerprint density at radius 2 is 1.80 bits per heavy atom. The van der Waals surface area contributed by atoms with Crippen molar-refractivity contribution in [2.45, 2.75) is 25.4 Å². The molecule has 0 atom stereocenters. The Kier molecular flexibility index (Phi) is 7.28. The molecule has 0 radical (unpaired) electrons. The molecule has 0 saturated carbocycles. The van der Waals surface area contributed by atoms with Gasteiger partial charge in [-0.1, -0.05) is 24.3 Å². The van der Waals surface area contributed by atoms with Crippen LogP contribution in [0.2, 0.25) is 0 Å². The third kappa shape index (κ3) is 6.34. The molecule has 0 saturated heterocycles. The second kappa shape index (κ2) is 10.5. The Labute approximate surface area is 200 Å². The number of aromatic nitrogens is 2. The molecular formula is C25H25F3N6O. The van der Waals surface area contributed by atoms with Crippen LogP contribution < -0.4 is 16.0 Å². The summed E-state index contributed by atoms with van der Waals surface area (Å²) in [4.78, 5) is 25.8. The minimum Gasteiger partial charge on any atom is -0.369 e. The molecule has 182 valence electrons. The average molecular weight is 483 g/mol. The Morgan fingerprint density at radius 3 is 2.46 bits per heavy atom. The number of nitrogens with two attached hydrogens (primary N) is 1. The van der Waals surface area contributed by atoms with Crippen LogP contribution in [0.15, 0.2) is 59.7 Å². The number of rotatable bonds is 8. The summed E-state index contributed by atoms with van der Waals surface area (Å²) in [6.07, 6.45) is -1.58. The van der Waals surface area contributed by atoms with E-state index in [1.54, 1.807) is 24.3 Å². The van der Waals surface area contributed by atoms with E-state index < -0.39 is 17.6 Å². The van der Waals surface area contributed by atoms with Crippen LogP contribution in [0.1, 0.15) is 22.4 Å². The molecule has 1 aliphatic rings. The zero-order valence-electron chi connectivity index (χ0n) is 18.9. The molecule has 1 amide bonds. The van der Waals surface area contributed by atoms with Gasteiger partial charge in [0.2, 0.25) is 11.9 Å². The molecule has 7 nitrogen and oxygen atoms in total. The number of primary amides is 1. The van der Waals surface area contributed by atoms with Gasteiger partial charge in [-0.2, -0.15) is 13.2 Å². The SMILES string of the molecule is NC(=O)Cc1ccccc1CCc1nc(Nc2ccc(N3CC=NCC3)cc2)ncc1C(F)(F)F. The quantitative estimate of drug-likeness (QED) is 0.507. The van der Waals surface area contributed by atoms with Crippen molar-refractivity contribution >= 4 is 29.4 Å². The summed E-state index contributed by atoms with van der Waals surface area (Å²) in [6.45, 7) is 2.31. The van der Waals surface area contributed by atoms with Gasteiger partial charge in [-0.3, -0.25) is 9.79 Å².